The standard InChI is InChI=1S/C16H16BrFO/c1-10-5-11(2)7-12(6-10)8-16(19)14-4-3-13(17)9-15(14)18/h3-7,9,16,19H,8H2,1-2H3. The molecule has 2 aromatic rings. The van der Waals surface area contributed by atoms with Crippen LogP contribution >= 0.6 is 15.9 Å². The summed E-state index contributed by atoms with van der Waals surface area (Å²) in [5, 5.41) is 10.2. The Kier molecular flexibility index (Phi) is 4.38. The van der Waals surface area contributed by atoms with E-state index in [1.54, 1.807) is 12.1 Å². The van der Waals surface area contributed by atoms with Gasteiger partial charge < -0.3 is 5.11 Å². The van der Waals surface area contributed by atoms with Crippen LogP contribution < -0.4 is 0 Å². The Bertz CT molecular complexity index is 575. The lowest BCUT2D eigenvalue weighted by atomic mass is 9.98. The molecule has 0 radical (unpaired) electrons. The van der Waals surface area contributed by atoms with Crippen molar-refractivity contribution in [1.29, 1.82) is 0 Å². The minimum atomic E-state index is -0.825. The molecule has 0 aliphatic rings. The normalized spacial score (nSPS) is 12.5. The Balaban J connectivity index is 2.22. The average molecular weight is 323 g/mol. The van der Waals surface area contributed by atoms with Crippen molar-refractivity contribution in [3.8, 4) is 0 Å². The van der Waals surface area contributed by atoms with Gasteiger partial charge in [-0.05, 0) is 31.5 Å². The van der Waals surface area contributed by atoms with Crippen LogP contribution in [0.2, 0.25) is 0 Å². The third-order valence-corrected chi connectivity index (χ3v) is 3.53. The minimum Gasteiger partial charge on any atom is -0.388 e. The number of rotatable bonds is 3. The van der Waals surface area contributed by atoms with Crippen LogP contribution in [-0.2, 0) is 6.42 Å². The monoisotopic (exact) mass is 322 g/mol. The highest BCUT2D eigenvalue weighted by atomic mass is 79.9. The molecule has 0 fully saturated rings. The molecule has 19 heavy (non-hydrogen) atoms. The molecule has 0 aliphatic heterocycles. The Morgan fingerprint density at radius 1 is 1.11 bits per heavy atom. The topological polar surface area (TPSA) is 20.2 Å². The molecule has 0 aliphatic carbocycles. The van der Waals surface area contributed by atoms with Crippen molar-refractivity contribution in [3.63, 3.8) is 0 Å². The molecule has 0 heterocycles. The van der Waals surface area contributed by atoms with Gasteiger partial charge in [-0.2, -0.15) is 0 Å². The van der Waals surface area contributed by atoms with E-state index in [0.29, 0.717) is 16.5 Å². The molecule has 2 rings (SSSR count). The molecule has 3 heteroatoms. The van der Waals surface area contributed by atoms with E-state index in [1.807, 2.05) is 26.0 Å². The first-order valence-corrected chi connectivity index (χ1v) is 6.95. The molecule has 0 spiro atoms. The van der Waals surface area contributed by atoms with Crippen LogP contribution in [0, 0.1) is 19.7 Å². The fourth-order valence-electron chi connectivity index (χ4n) is 2.29. The lowest BCUT2D eigenvalue weighted by Gasteiger charge is -2.13. The summed E-state index contributed by atoms with van der Waals surface area (Å²) in [4.78, 5) is 0. The number of aryl methyl sites for hydroxylation is 2. The number of halogens is 2. The van der Waals surface area contributed by atoms with E-state index in [2.05, 4.69) is 22.0 Å². The summed E-state index contributed by atoms with van der Waals surface area (Å²) in [5.74, 6) is -0.383. The number of hydrogen-bond acceptors (Lipinski definition) is 1. The zero-order chi connectivity index (χ0) is 14.0. The quantitative estimate of drug-likeness (QED) is 0.883. The van der Waals surface area contributed by atoms with Gasteiger partial charge in [0.15, 0.2) is 0 Å². The van der Waals surface area contributed by atoms with Gasteiger partial charge in [0.05, 0.1) is 6.10 Å². The second-order valence-corrected chi connectivity index (χ2v) is 5.80. The first-order chi connectivity index (χ1) is 8.95. The summed E-state index contributed by atoms with van der Waals surface area (Å²) in [5.41, 5.74) is 3.66. The summed E-state index contributed by atoms with van der Waals surface area (Å²) in [7, 11) is 0. The van der Waals surface area contributed by atoms with Crippen LogP contribution in [0.3, 0.4) is 0 Å². The van der Waals surface area contributed by atoms with E-state index in [-0.39, 0.29) is 5.82 Å². The summed E-state index contributed by atoms with van der Waals surface area (Å²) in [6.07, 6.45) is -0.407. The van der Waals surface area contributed by atoms with E-state index >= 15 is 0 Å². The summed E-state index contributed by atoms with van der Waals surface area (Å²) in [6, 6.07) is 10.9. The highest BCUT2D eigenvalue weighted by molar-refractivity contribution is 9.10. The predicted molar refractivity (Wildman–Crippen MR) is 78.7 cm³/mol. The van der Waals surface area contributed by atoms with Gasteiger partial charge >= 0.3 is 0 Å². The lowest BCUT2D eigenvalue weighted by Crippen LogP contribution is -2.05. The average Bonchev–Trinajstić information content (AvgIpc) is 2.26. The highest BCUT2D eigenvalue weighted by Gasteiger charge is 2.14. The number of aliphatic hydroxyl groups excluding tert-OH is 1. The van der Waals surface area contributed by atoms with Crippen LogP contribution in [0.5, 0.6) is 0 Å². The predicted octanol–water partition coefficient (Wildman–Crippen LogP) is 4.48. The maximum atomic E-state index is 13.8. The van der Waals surface area contributed by atoms with Gasteiger partial charge in [0.2, 0.25) is 0 Å². The minimum absolute atomic E-state index is 0.336. The number of aliphatic hydroxyl groups is 1. The van der Waals surface area contributed by atoms with Gasteiger partial charge in [0.25, 0.3) is 0 Å². The van der Waals surface area contributed by atoms with E-state index in [0.717, 1.165) is 16.7 Å². The molecule has 0 saturated carbocycles. The van der Waals surface area contributed by atoms with Crippen molar-refractivity contribution < 1.29 is 9.50 Å². The summed E-state index contributed by atoms with van der Waals surface area (Å²) >= 11 is 3.21. The first-order valence-electron chi connectivity index (χ1n) is 6.16. The van der Waals surface area contributed by atoms with Crippen LogP contribution in [0.15, 0.2) is 40.9 Å². The summed E-state index contributed by atoms with van der Waals surface area (Å²) < 4.78 is 14.4. The van der Waals surface area contributed by atoms with Gasteiger partial charge in [-0.25, -0.2) is 4.39 Å². The molecule has 1 atom stereocenters. The molecule has 0 amide bonds. The fraction of sp³-hybridized carbons (Fsp3) is 0.250. The van der Waals surface area contributed by atoms with Crippen LogP contribution in [0.1, 0.15) is 28.4 Å². The Morgan fingerprint density at radius 2 is 1.74 bits per heavy atom. The maximum absolute atomic E-state index is 13.8. The molecule has 2 aromatic carbocycles. The molecule has 0 aromatic heterocycles. The Labute approximate surface area is 121 Å². The molecule has 1 N–H and O–H groups in total. The van der Waals surface area contributed by atoms with Gasteiger partial charge in [0.1, 0.15) is 5.82 Å². The molecular weight excluding hydrogens is 307 g/mol. The zero-order valence-corrected chi connectivity index (χ0v) is 12.5. The Hall–Kier alpha value is -1.19. The largest absolute Gasteiger partial charge is 0.388 e. The molecular formula is C16H16BrFO. The zero-order valence-electron chi connectivity index (χ0n) is 11.0. The molecule has 1 nitrogen and oxygen atoms in total. The summed E-state index contributed by atoms with van der Waals surface area (Å²) in [6.45, 7) is 4.03. The third kappa shape index (κ3) is 3.64. The van der Waals surface area contributed by atoms with E-state index in [4.69, 9.17) is 0 Å². The number of benzene rings is 2. The van der Waals surface area contributed by atoms with Crippen molar-refractivity contribution in [3.05, 3.63) is 68.9 Å². The number of hydrogen-bond donors (Lipinski definition) is 1. The molecule has 100 valence electrons. The van der Waals surface area contributed by atoms with Crippen molar-refractivity contribution >= 4 is 15.9 Å². The molecule has 0 bridgehead atoms. The van der Waals surface area contributed by atoms with E-state index in [9.17, 15) is 9.50 Å². The van der Waals surface area contributed by atoms with Crippen molar-refractivity contribution in [2.45, 2.75) is 26.4 Å². The van der Waals surface area contributed by atoms with Crippen molar-refractivity contribution in [1.82, 2.24) is 0 Å². The van der Waals surface area contributed by atoms with Crippen molar-refractivity contribution in [2.24, 2.45) is 0 Å². The Morgan fingerprint density at radius 3 is 2.32 bits per heavy atom. The van der Waals surface area contributed by atoms with Gasteiger partial charge in [-0.15, -0.1) is 0 Å². The van der Waals surface area contributed by atoms with Gasteiger partial charge in [-0.1, -0.05) is 51.3 Å². The van der Waals surface area contributed by atoms with Crippen LogP contribution in [0.25, 0.3) is 0 Å². The van der Waals surface area contributed by atoms with E-state index in [1.165, 1.54) is 6.07 Å². The van der Waals surface area contributed by atoms with Crippen LogP contribution in [-0.4, -0.2) is 5.11 Å². The van der Waals surface area contributed by atoms with E-state index < -0.39 is 6.10 Å². The second-order valence-electron chi connectivity index (χ2n) is 4.88. The lowest BCUT2D eigenvalue weighted by molar-refractivity contribution is 0.173. The fourth-order valence-corrected chi connectivity index (χ4v) is 2.62. The van der Waals surface area contributed by atoms with Gasteiger partial charge in [-0.3, -0.25) is 0 Å². The van der Waals surface area contributed by atoms with Gasteiger partial charge in [0, 0.05) is 16.5 Å². The van der Waals surface area contributed by atoms with Crippen LogP contribution in [0.4, 0.5) is 4.39 Å². The third-order valence-electron chi connectivity index (χ3n) is 3.03. The smallest absolute Gasteiger partial charge is 0.130 e. The molecule has 0 saturated heterocycles. The first kappa shape index (κ1) is 14.2. The van der Waals surface area contributed by atoms with Crippen molar-refractivity contribution in [2.75, 3.05) is 0 Å². The maximum Gasteiger partial charge on any atom is 0.130 e. The molecule has 1 unspecified atom stereocenters. The second kappa shape index (κ2) is 5.85. The highest BCUT2D eigenvalue weighted by Crippen LogP contribution is 2.24. The SMILES string of the molecule is Cc1cc(C)cc(CC(O)c2ccc(Br)cc2F)c1.